The first-order chi connectivity index (χ1) is 7.29. The molecule has 0 aliphatic heterocycles. The van der Waals surface area contributed by atoms with E-state index in [1.165, 1.54) is 44.6 Å². The van der Waals surface area contributed by atoms with Crippen molar-refractivity contribution in [3.05, 3.63) is 44.6 Å². The Morgan fingerprint density at radius 1 is 0.250 bits per heavy atom. The Hall–Kier alpha value is -1.04. The van der Waals surface area contributed by atoms with Crippen molar-refractivity contribution < 1.29 is 0 Å². The van der Waals surface area contributed by atoms with Crippen LogP contribution in [-0.2, 0) is 0 Å². The minimum Gasteiger partial charge on any atom is -0.0447 e. The molecule has 1 rings (SSSR count). The van der Waals surface area contributed by atoms with Gasteiger partial charge in [0.15, 0.2) is 0 Å². The fraction of sp³-hybridized carbons (Fsp3) is 0.500. The maximum atomic E-state index is 2.24. The van der Waals surface area contributed by atoms with Crippen molar-refractivity contribution in [3.8, 4) is 0 Å². The summed E-state index contributed by atoms with van der Waals surface area (Å²) < 4.78 is 0. The molecule has 0 heterocycles. The van der Waals surface area contributed by atoms with Crippen LogP contribution in [0, 0.1) is 0 Å². The predicted octanol–water partition coefficient (Wildman–Crippen LogP) is 5.35. The summed E-state index contributed by atoms with van der Waals surface area (Å²) in [4.78, 5) is 0. The average Bonchev–Trinajstić information content (AvgIpc) is 2.30. The molecule has 0 nitrogen and oxygen atoms in total. The van der Waals surface area contributed by atoms with Crippen LogP contribution in [0.1, 0.15) is 55.4 Å². The minimum atomic E-state index is 1.43. The molecule has 0 bridgehead atoms. The molecule has 0 saturated heterocycles. The van der Waals surface area contributed by atoms with E-state index >= 15 is 0 Å². The zero-order chi connectivity index (χ0) is 12.6. The molecule has 0 radical (unpaired) electrons. The van der Waals surface area contributed by atoms with Crippen LogP contribution >= 0.6 is 0 Å². The molecule has 0 saturated carbocycles. The van der Waals surface area contributed by atoms with Crippen LogP contribution in [0.2, 0.25) is 0 Å². The molecule has 1 aliphatic rings. The first-order valence-corrected chi connectivity index (χ1v) is 6.00. The summed E-state index contributed by atoms with van der Waals surface area (Å²) in [6, 6.07) is 0. The normalized spacial score (nSPS) is 37.5. The molecule has 0 amide bonds. The van der Waals surface area contributed by atoms with E-state index in [0.29, 0.717) is 0 Å². The van der Waals surface area contributed by atoms with Crippen LogP contribution in [0.4, 0.5) is 0 Å². The topological polar surface area (TPSA) is 0 Å². The molecule has 0 N–H and O–H groups in total. The Morgan fingerprint density at radius 2 is 0.312 bits per heavy atom. The number of rotatable bonds is 0. The van der Waals surface area contributed by atoms with Crippen molar-refractivity contribution in [2.24, 2.45) is 0 Å². The lowest BCUT2D eigenvalue weighted by atomic mass is 9.84. The third-order valence-electron chi connectivity index (χ3n) is 4.50. The van der Waals surface area contributed by atoms with E-state index in [-0.39, 0.29) is 0 Å². The number of hydrogen-bond acceptors (Lipinski definition) is 0. The predicted molar refractivity (Wildman–Crippen MR) is 73.5 cm³/mol. The van der Waals surface area contributed by atoms with E-state index in [1.54, 1.807) is 0 Å². The smallest absolute Gasteiger partial charge is 0.0392 e. The van der Waals surface area contributed by atoms with Gasteiger partial charge in [-0.1, -0.05) is 0 Å². The van der Waals surface area contributed by atoms with E-state index in [1.807, 2.05) is 0 Å². The molecule has 0 aromatic carbocycles. The standard InChI is InChI=1S/C16H24/c1-9-10(2)12(4)14(6)16(8)15(7)13(5)11(9)3/h1-8H3/b10-9-,11-9?,12-10?,13-11-,14-12-,15-13?,16-14?,16-15-. The second kappa shape index (κ2) is 4.45. The molecule has 0 heteroatoms. The van der Waals surface area contributed by atoms with Gasteiger partial charge >= 0.3 is 0 Å². The second-order valence-electron chi connectivity index (χ2n) is 5.00. The highest BCUT2D eigenvalue weighted by Gasteiger charge is 2.14. The van der Waals surface area contributed by atoms with Crippen molar-refractivity contribution in [2.45, 2.75) is 55.4 Å². The van der Waals surface area contributed by atoms with Gasteiger partial charge in [0.2, 0.25) is 0 Å². The molecule has 0 aromatic heterocycles. The van der Waals surface area contributed by atoms with Gasteiger partial charge in [0.05, 0.1) is 0 Å². The lowest BCUT2D eigenvalue weighted by Crippen LogP contribution is -2.01. The largest absolute Gasteiger partial charge is 0.0447 e. The number of hydrogen-bond donors (Lipinski definition) is 0. The van der Waals surface area contributed by atoms with Crippen molar-refractivity contribution in [1.29, 1.82) is 0 Å². The van der Waals surface area contributed by atoms with Crippen molar-refractivity contribution in [3.63, 3.8) is 0 Å². The van der Waals surface area contributed by atoms with Crippen molar-refractivity contribution in [1.82, 2.24) is 0 Å². The third kappa shape index (κ3) is 1.93. The summed E-state index contributed by atoms with van der Waals surface area (Å²) in [6.45, 7) is 17.9. The van der Waals surface area contributed by atoms with Crippen molar-refractivity contribution in [2.75, 3.05) is 0 Å². The molecular weight excluding hydrogens is 192 g/mol. The maximum absolute atomic E-state index is 2.24. The average molecular weight is 216 g/mol. The fourth-order valence-electron chi connectivity index (χ4n) is 2.25. The number of allylic oxidation sites excluding steroid dienone is 8. The van der Waals surface area contributed by atoms with Gasteiger partial charge in [-0.3, -0.25) is 0 Å². The molecule has 0 atom stereocenters. The molecule has 0 aromatic rings. The van der Waals surface area contributed by atoms with Gasteiger partial charge in [-0.15, -0.1) is 0 Å². The van der Waals surface area contributed by atoms with Crippen LogP contribution < -0.4 is 0 Å². The van der Waals surface area contributed by atoms with Gasteiger partial charge in [0.1, 0.15) is 0 Å². The van der Waals surface area contributed by atoms with E-state index in [2.05, 4.69) is 55.4 Å². The van der Waals surface area contributed by atoms with E-state index in [9.17, 15) is 0 Å². The fourth-order valence-corrected chi connectivity index (χ4v) is 2.25. The van der Waals surface area contributed by atoms with Crippen LogP contribution in [0.25, 0.3) is 0 Å². The van der Waals surface area contributed by atoms with Crippen molar-refractivity contribution >= 4 is 0 Å². The van der Waals surface area contributed by atoms with Gasteiger partial charge in [0, 0.05) is 0 Å². The molecule has 16 heavy (non-hydrogen) atoms. The quantitative estimate of drug-likeness (QED) is 0.512. The van der Waals surface area contributed by atoms with E-state index < -0.39 is 0 Å². The lowest BCUT2D eigenvalue weighted by Gasteiger charge is -2.21. The summed E-state index contributed by atoms with van der Waals surface area (Å²) >= 11 is 0. The second-order valence-corrected chi connectivity index (χ2v) is 5.00. The maximum Gasteiger partial charge on any atom is -0.0392 e. The summed E-state index contributed by atoms with van der Waals surface area (Å²) in [5.41, 5.74) is 11.5. The molecule has 0 spiro atoms. The van der Waals surface area contributed by atoms with E-state index in [4.69, 9.17) is 0 Å². The van der Waals surface area contributed by atoms with Gasteiger partial charge in [-0.05, 0) is 100.0 Å². The van der Waals surface area contributed by atoms with Gasteiger partial charge in [-0.2, -0.15) is 0 Å². The van der Waals surface area contributed by atoms with Gasteiger partial charge < -0.3 is 0 Å². The molecule has 88 valence electrons. The third-order valence-corrected chi connectivity index (χ3v) is 4.50. The molecular formula is C16H24. The Morgan fingerprint density at radius 3 is 0.375 bits per heavy atom. The van der Waals surface area contributed by atoms with Gasteiger partial charge in [0.25, 0.3) is 0 Å². The highest BCUT2D eigenvalue weighted by molar-refractivity contribution is 5.56. The van der Waals surface area contributed by atoms with Crippen LogP contribution in [0.15, 0.2) is 44.6 Å². The first-order valence-electron chi connectivity index (χ1n) is 6.00. The summed E-state index contributed by atoms with van der Waals surface area (Å²) in [7, 11) is 0. The molecule has 1 aliphatic carbocycles. The highest BCUT2D eigenvalue weighted by atomic mass is 14.2. The first kappa shape index (κ1) is 13.0. The monoisotopic (exact) mass is 216 g/mol. The molecule has 0 unspecified atom stereocenters. The van der Waals surface area contributed by atoms with Crippen LogP contribution in [-0.4, -0.2) is 0 Å². The summed E-state index contributed by atoms with van der Waals surface area (Å²) in [5, 5.41) is 0. The summed E-state index contributed by atoms with van der Waals surface area (Å²) in [5.74, 6) is 0. The van der Waals surface area contributed by atoms with Gasteiger partial charge in [-0.25, -0.2) is 0 Å². The Bertz CT molecular complexity index is 298. The lowest BCUT2D eigenvalue weighted by molar-refractivity contribution is 1.10. The Kier molecular flexibility index (Phi) is 3.62. The van der Waals surface area contributed by atoms with E-state index in [0.717, 1.165) is 0 Å². The molecule has 0 fully saturated rings. The van der Waals surface area contributed by atoms with Crippen LogP contribution in [0.5, 0.6) is 0 Å². The zero-order valence-electron chi connectivity index (χ0n) is 12.0. The minimum absolute atomic E-state index is 1.43. The Balaban J connectivity index is 3.67. The summed E-state index contributed by atoms with van der Waals surface area (Å²) in [6.07, 6.45) is 0. The van der Waals surface area contributed by atoms with Crippen LogP contribution in [0.3, 0.4) is 0 Å². The highest BCUT2D eigenvalue weighted by Crippen LogP contribution is 2.33. The Labute approximate surface area is 100 Å². The zero-order valence-corrected chi connectivity index (χ0v) is 12.0. The SMILES string of the molecule is CC1=C(C)/C(C)=C(C)\C(C)=C(C)/C(C)=C\1C.